The molecule has 0 spiro atoms. The molecule has 180 valence electrons. The highest BCUT2D eigenvalue weighted by atomic mass is 28.2. The van der Waals surface area contributed by atoms with Crippen molar-refractivity contribution in [1.29, 1.82) is 0 Å². The van der Waals surface area contributed by atoms with E-state index in [0.29, 0.717) is 12.8 Å². The van der Waals surface area contributed by atoms with Crippen LogP contribution in [0.15, 0.2) is 0 Å². The van der Waals surface area contributed by atoms with E-state index >= 15 is 0 Å². The molecule has 0 fully saturated rings. The second-order valence-corrected chi connectivity index (χ2v) is 9.60. The van der Waals surface area contributed by atoms with Gasteiger partial charge in [0.15, 0.2) is 33.0 Å². The molecular formula is C22H35F5O3Si. The smallest absolute Gasteiger partial charge is 0.262 e. The number of hydrogen-bond acceptors (Lipinski definition) is 3. The van der Waals surface area contributed by atoms with Gasteiger partial charge in [0, 0.05) is 5.56 Å². The Morgan fingerprint density at radius 3 is 1.52 bits per heavy atom. The monoisotopic (exact) mass is 470 g/mol. The van der Waals surface area contributed by atoms with Crippen LogP contribution in [-0.2, 0) is 20.3 Å². The summed E-state index contributed by atoms with van der Waals surface area (Å²) >= 11 is 0. The molecule has 1 aromatic rings. The first-order valence-electron chi connectivity index (χ1n) is 11.1. The largest absolute Gasteiger partial charge is 0.379 e. The van der Waals surface area contributed by atoms with Crippen molar-refractivity contribution < 1.29 is 35.9 Å². The fourth-order valence-corrected chi connectivity index (χ4v) is 4.14. The minimum Gasteiger partial charge on any atom is -0.379 e. The minimum atomic E-state index is -2.11. The molecular weight excluding hydrogens is 435 g/mol. The molecule has 0 unspecified atom stereocenters. The van der Waals surface area contributed by atoms with Gasteiger partial charge < -0.3 is 13.9 Å². The van der Waals surface area contributed by atoms with Gasteiger partial charge in [0.25, 0.3) is 6.48 Å². The van der Waals surface area contributed by atoms with Crippen LogP contribution in [0.1, 0.15) is 78.2 Å². The Bertz CT molecular complexity index is 620. The molecule has 0 bridgehead atoms. The maximum absolute atomic E-state index is 13.6. The molecule has 1 rings (SSSR count). The Labute approximate surface area is 184 Å². The highest BCUT2D eigenvalue weighted by Gasteiger charge is 2.25. The average Bonchev–Trinajstić information content (AvgIpc) is 2.70. The van der Waals surface area contributed by atoms with Crippen molar-refractivity contribution in [3.63, 3.8) is 0 Å². The van der Waals surface area contributed by atoms with Gasteiger partial charge in [-0.05, 0) is 46.6 Å². The summed E-state index contributed by atoms with van der Waals surface area (Å²) in [4.78, 5) is 0. The van der Waals surface area contributed by atoms with E-state index in [1.807, 2.05) is 27.7 Å². The van der Waals surface area contributed by atoms with Gasteiger partial charge in [-0.2, -0.15) is 0 Å². The van der Waals surface area contributed by atoms with Gasteiger partial charge >= 0.3 is 0 Å². The molecule has 1 aromatic carbocycles. The maximum Gasteiger partial charge on any atom is 0.262 e. The second-order valence-electron chi connectivity index (χ2n) is 8.16. The van der Waals surface area contributed by atoms with E-state index < -0.39 is 50.9 Å². The zero-order chi connectivity index (χ0) is 23.4. The van der Waals surface area contributed by atoms with Crippen LogP contribution >= 0.6 is 0 Å². The fraction of sp³-hybridized carbons (Fsp3) is 0.727. The molecule has 0 N–H and O–H groups in total. The van der Waals surface area contributed by atoms with Gasteiger partial charge in [-0.1, -0.05) is 38.5 Å². The van der Waals surface area contributed by atoms with Crippen LogP contribution in [0.2, 0.25) is 6.04 Å². The van der Waals surface area contributed by atoms with E-state index in [9.17, 15) is 22.0 Å². The maximum atomic E-state index is 13.6. The van der Waals surface area contributed by atoms with Crippen LogP contribution in [0.5, 0.6) is 0 Å². The third-order valence-corrected chi connectivity index (χ3v) is 5.94. The summed E-state index contributed by atoms with van der Waals surface area (Å²) < 4.78 is 83.6. The summed E-state index contributed by atoms with van der Waals surface area (Å²) in [5, 5.41) is 0. The van der Waals surface area contributed by atoms with Crippen LogP contribution in [0.25, 0.3) is 0 Å². The van der Waals surface area contributed by atoms with Gasteiger partial charge in [0.1, 0.15) is 0 Å². The van der Waals surface area contributed by atoms with Crippen molar-refractivity contribution in [3.8, 4) is 0 Å². The van der Waals surface area contributed by atoms with E-state index in [2.05, 4.69) is 0 Å². The van der Waals surface area contributed by atoms with E-state index in [4.69, 9.17) is 13.9 Å². The number of halogens is 5. The van der Waals surface area contributed by atoms with E-state index in [1.54, 1.807) is 0 Å². The van der Waals surface area contributed by atoms with Crippen molar-refractivity contribution in [2.75, 3.05) is 0 Å². The lowest BCUT2D eigenvalue weighted by atomic mass is 10.0. The standard InChI is InChI=1S/C22H35F5O3Si/c1-14(2)28-22(29-15(3)4)30-31-13-11-9-7-5-6-8-10-12-16-17(23)19(25)21(27)20(26)18(16)24/h14-15,22H,5-13,31H2,1-4H3. The Morgan fingerprint density at radius 1 is 0.613 bits per heavy atom. The number of ether oxygens (including phenoxy) is 2. The number of unbranched alkanes of at least 4 members (excludes halogenated alkanes) is 6. The summed E-state index contributed by atoms with van der Waals surface area (Å²) in [6.45, 7) is 7.15. The molecule has 0 radical (unpaired) electrons. The number of rotatable bonds is 16. The van der Waals surface area contributed by atoms with Crippen molar-refractivity contribution >= 4 is 9.76 Å². The minimum absolute atomic E-state index is 0.0341. The van der Waals surface area contributed by atoms with E-state index in [0.717, 1.165) is 38.1 Å². The van der Waals surface area contributed by atoms with Gasteiger partial charge in [-0.25, -0.2) is 22.0 Å². The average molecular weight is 471 g/mol. The summed E-state index contributed by atoms with van der Waals surface area (Å²) in [6, 6.07) is 1.03. The Hall–Kier alpha value is -1.03. The van der Waals surface area contributed by atoms with Crippen molar-refractivity contribution in [2.45, 2.75) is 104 Å². The quantitative estimate of drug-likeness (QED) is 0.0708. The SMILES string of the molecule is CC(C)OC(O[SiH2]CCCCCCCCCc1c(F)c(F)c(F)c(F)c1F)OC(C)C. The van der Waals surface area contributed by atoms with Crippen LogP contribution in [0.3, 0.4) is 0 Å². The number of hydrogen-bond donors (Lipinski definition) is 0. The predicted octanol–water partition coefficient (Wildman–Crippen LogP) is 6.31. The van der Waals surface area contributed by atoms with Crippen molar-refractivity contribution in [3.05, 3.63) is 34.6 Å². The Balaban J connectivity index is 2.12. The lowest BCUT2D eigenvalue weighted by molar-refractivity contribution is -0.275. The summed E-state index contributed by atoms with van der Waals surface area (Å²) in [7, 11) is -0.726. The van der Waals surface area contributed by atoms with Crippen molar-refractivity contribution in [2.24, 2.45) is 0 Å². The Morgan fingerprint density at radius 2 is 1.03 bits per heavy atom. The lowest BCUT2D eigenvalue weighted by Crippen LogP contribution is -2.28. The molecule has 0 saturated heterocycles. The normalized spacial score (nSPS) is 12.4. The first-order valence-corrected chi connectivity index (χ1v) is 12.7. The predicted molar refractivity (Wildman–Crippen MR) is 113 cm³/mol. The molecule has 0 aliphatic heterocycles. The summed E-state index contributed by atoms with van der Waals surface area (Å²) in [5.41, 5.74) is -0.720. The van der Waals surface area contributed by atoms with Crippen LogP contribution in [0.4, 0.5) is 22.0 Å². The highest BCUT2D eigenvalue weighted by molar-refractivity contribution is 6.27. The fourth-order valence-electron chi connectivity index (χ4n) is 3.07. The Kier molecular flexibility index (Phi) is 13.5. The molecule has 0 heterocycles. The van der Waals surface area contributed by atoms with Crippen LogP contribution in [-0.4, -0.2) is 28.4 Å². The lowest BCUT2D eigenvalue weighted by Gasteiger charge is -2.23. The van der Waals surface area contributed by atoms with Gasteiger partial charge in [-0.15, -0.1) is 0 Å². The first-order chi connectivity index (χ1) is 14.6. The molecule has 0 aliphatic rings. The topological polar surface area (TPSA) is 27.7 Å². The molecule has 0 amide bonds. The molecule has 0 aromatic heterocycles. The molecule has 0 atom stereocenters. The van der Waals surface area contributed by atoms with Gasteiger partial charge in [-0.3, -0.25) is 0 Å². The van der Waals surface area contributed by atoms with Crippen LogP contribution < -0.4 is 0 Å². The first kappa shape index (κ1) is 28.0. The van der Waals surface area contributed by atoms with Crippen LogP contribution in [0, 0.1) is 29.1 Å². The third-order valence-electron chi connectivity index (χ3n) is 4.64. The summed E-state index contributed by atoms with van der Waals surface area (Å²) in [6.07, 6.45) is 5.95. The molecule has 9 heteroatoms. The third kappa shape index (κ3) is 10.4. The highest BCUT2D eigenvalue weighted by Crippen LogP contribution is 2.24. The zero-order valence-corrected chi connectivity index (χ0v) is 20.3. The molecule has 0 saturated carbocycles. The van der Waals surface area contributed by atoms with Gasteiger partial charge in [0.2, 0.25) is 5.82 Å². The molecule has 0 aliphatic carbocycles. The zero-order valence-electron chi connectivity index (χ0n) is 18.9. The van der Waals surface area contributed by atoms with Gasteiger partial charge in [0.05, 0.1) is 12.2 Å². The summed E-state index contributed by atoms with van der Waals surface area (Å²) in [5.74, 6) is -9.30. The molecule has 3 nitrogen and oxygen atoms in total. The molecule has 31 heavy (non-hydrogen) atoms. The van der Waals surface area contributed by atoms with E-state index in [1.165, 1.54) is 0 Å². The second kappa shape index (κ2) is 14.9. The van der Waals surface area contributed by atoms with E-state index in [-0.39, 0.29) is 18.6 Å². The number of benzene rings is 1. The van der Waals surface area contributed by atoms with Crippen molar-refractivity contribution in [1.82, 2.24) is 0 Å².